The summed E-state index contributed by atoms with van der Waals surface area (Å²) in [6.07, 6.45) is 1.87. The third-order valence-electron chi connectivity index (χ3n) is 1.69. The Hall–Kier alpha value is -1.32. The largest absolute Gasteiger partial charge is 0.435 e. The molecule has 4 heteroatoms. The van der Waals surface area contributed by atoms with Crippen LogP contribution in [0.5, 0.6) is 0 Å². The molecule has 1 amide bonds. The van der Waals surface area contributed by atoms with Crippen molar-refractivity contribution in [1.82, 2.24) is 5.32 Å². The van der Waals surface area contributed by atoms with E-state index in [0.29, 0.717) is 6.42 Å². The summed E-state index contributed by atoms with van der Waals surface area (Å²) in [6.45, 7) is 3.15. The molecule has 12 heavy (non-hydrogen) atoms. The van der Waals surface area contributed by atoms with E-state index in [0.717, 1.165) is 5.57 Å². The van der Waals surface area contributed by atoms with Gasteiger partial charge in [0.05, 0.1) is 18.7 Å². The lowest BCUT2D eigenvalue weighted by molar-refractivity contribution is -0.135. The molecule has 66 valence electrons. The van der Waals surface area contributed by atoms with Crippen LogP contribution in [0.25, 0.3) is 0 Å². The van der Waals surface area contributed by atoms with Gasteiger partial charge in [-0.1, -0.05) is 0 Å². The zero-order valence-corrected chi connectivity index (χ0v) is 7.09. The fraction of sp³-hybridized carbons (Fsp3) is 0.500. The Labute approximate surface area is 70.6 Å². The van der Waals surface area contributed by atoms with Crippen LogP contribution in [-0.4, -0.2) is 17.9 Å². The fourth-order valence-electron chi connectivity index (χ4n) is 0.891. The van der Waals surface area contributed by atoms with Gasteiger partial charge in [-0.05, 0) is 12.5 Å². The van der Waals surface area contributed by atoms with E-state index in [1.807, 2.05) is 6.92 Å². The van der Waals surface area contributed by atoms with E-state index in [9.17, 15) is 9.59 Å². The van der Waals surface area contributed by atoms with E-state index in [-0.39, 0.29) is 17.9 Å². The molecule has 0 saturated carbocycles. The number of carbonyl (C=O) groups is 2. The molecule has 1 saturated heterocycles. The first-order chi connectivity index (χ1) is 5.59. The summed E-state index contributed by atoms with van der Waals surface area (Å²) >= 11 is 0. The van der Waals surface area contributed by atoms with Crippen molar-refractivity contribution in [1.29, 1.82) is 0 Å². The normalized spacial score (nSPS) is 22.7. The van der Waals surface area contributed by atoms with Crippen LogP contribution in [0.3, 0.4) is 0 Å². The monoisotopic (exact) mass is 169 g/mol. The van der Waals surface area contributed by atoms with Crippen LogP contribution in [-0.2, 0) is 14.3 Å². The highest BCUT2D eigenvalue weighted by Gasteiger charge is 2.26. The van der Waals surface area contributed by atoms with Gasteiger partial charge in [0.1, 0.15) is 0 Å². The van der Waals surface area contributed by atoms with Gasteiger partial charge >= 0.3 is 5.97 Å². The molecule has 0 bridgehead atoms. The minimum atomic E-state index is -0.347. The second-order valence-electron chi connectivity index (χ2n) is 2.80. The van der Waals surface area contributed by atoms with Crippen molar-refractivity contribution in [3.63, 3.8) is 0 Å². The van der Waals surface area contributed by atoms with Gasteiger partial charge in [0.2, 0.25) is 5.91 Å². The molecule has 1 unspecified atom stereocenters. The number of esters is 1. The van der Waals surface area contributed by atoms with Gasteiger partial charge < -0.3 is 10.1 Å². The van der Waals surface area contributed by atoms with E-state index in [1.54, 1.807) is 0 Å². The van der Waals surface area contributed by atoms with Crippen molar-refractivity contribution in [3.8, 4) is 0 Å². The molecule has 0 aromatic rings. The first kappa shape index (κ1) is 8.77. The quantitative estimate of drug-likeness (QED) is 0.368. The lowest BCUT2D eigenvalue weighted by Crippen LogP contribution is -2.49. The number of nitrogens with one attached hydrogen (secondary N) is 1. The van der Waals surface area contributed by atoms with E-state index < -0.39 is 0 Å². The van der Waals surface area contributed by atoms with Crippen LogP contribution in [0.2, 0.25) is 0 Å². The molecule has 0 spiro atoms. The van der Waals surface area contributed by atoms with Crippen molar-refractivity contribution in [2.75, 3.05) is 0 Å². The molecule has 0 radical (unpaired) electrons. The smallest absolute Gasteiger partial charge is 0.307 e. The van der Waals surface area contributed by atoms with Gasteiger partial charge in [0.15, 0.2) is 0 Å². The molecule has 1 heterocycles. The second-order valence-corrected chi connectivity index (χ2v) is 2.80. The molecule has 1 aliphatic heterocycles. The fourth-order valence-corrected chi connectivity index (χ4v) is 0.891. The van der Waals surface area contributed by atoms with E-state index in [4.69, 9.17) is 0 Å². The number of amides is 1. The number of hydrogen-bond acceptors (Lipinski definition) is 3. The number of carbonyl (C=O) groups excluding carboxylic acids is 2. The summed E-state index contributed by atoms with van der Waals surface area (Å²) in [7, 11) is 0. The van der Waals surface area contributed by atoms with Gasteiger partial charge in [0.25, 0.3) is 0 Å². The molecule has 1 aliphatic rings. The maximum Gasteiger partial charge on any atom is 0.307 e. The van der Waals surface area contributed by atoms with Crippen LogP contribution >= 0.6 is 0 Å². The first-order valence-electron chi connectivity index (χ1n) is 3.73. The SMILES string of the molecule is CC(=O)O/C=C(\C)C1CC(=O)N1. The summed E-state index contributed by atoms with van der Waals surface area (Å²) in [5.74, 6) is -0.310. The van der Waals surface area contributed by atoms with Gasteiger partial charge in [-0.3, -0.25) is 9.59 Å². The Morgan fingerprint density at radius 1 is 1.67 bits per heavy atom. The minimum Gasteiger partial charge on any atom is -0.435 e. The second kappa shape index (κ2) is 3.38. The van der Waals surface area contributed by atoms with Crippen LogP contribution < -0.4 is 5.32 Å². The summed E-state index contributed by atoms with van der Waals surface area (Å²) < 4.78 is 4.64. The highest BCUT2D eigenvalue weighted by atomic mass is 16.5. The molecule has 1 N–H and O–H groups in total. The Bertz CT molecular complexity index is 237. The van der Waals surface area contributed by atoms with Crippen molar-refractivity contribution < 1.29 is 14.3 Å². The summed E-state index contributed by atoms with van der Waals surface area (Å²) in [4.78, 5) is 20.9. The highest BCUT2D eigenvalue weighted by Crippen LogP contribution is 2.13. The molecule has 1 atom stereocenters. The van der Waals surface area contributed by atoms with Crippen molar-refractivity contribution in [2.24, 2.45) is 0 Å². The standard InChI is InChI=1S/C8H11NO3/c1-5(4-12-6(2)10)7-3-8(11)9-7/h4,7H,3H2,1-2H3,(H,9,11)/b5-4+. The Balaban J connectivity index is 2.37. The molecule has 4 nitrogen and oxygen atoms in total. The van der Waals surface area contributed by atoms with Crippen molar-refractivity contribution >= 4 is 11.9 Å². The zero-order chi connectivity index (χ0) is 9.14. The van der Waals surface area contributed by atoms with Crippen LogP contribution in [0.4, 0.5) is 0 Å². The molecule has 0 aromatic carbocycles. The van der Waals surface area contributed by atoms with E-state index in [1.165, 1.54) is 13.2 Å². The molecular formula is C8H11NO3. The molecular weight excluding hydrogens is 158 g/mol. The third kappa shape index (κ3) is 2.08. The first-order valence-corrected chi connectivity index (χ1v) is 3.73. The zero-order valence-electron chi connectivity index (χ0n) is 7.09. The summed E-state index contributed by atoms with van der Waals surface area (Å²) in [5.41, 5.74) is 0.866. The lowest BCUT2D eigenvalue weighted by Gasteiger charge is -2.27. The minimum absolute atomic E-state index is 0.0376. The Morgan fingerprint density at radius 2 is 2.25 bits per heavy atom. The predicted octanol–water partition coefficient (Wildman–Crippen LogP) is 0.342. The van der Waals surface area contributed by atoms with Gasteiger partial charge in [-0.2, -0.15) is 0 Å². The maximum absolute atomic E-state index is 10.5. The van der Waals surface area contributed by atoms with Gasteiger partial charge in [0, 0.05) is 6.92 Å². The highest BCUT2D eigenvalue weighted by molar-refractivity contribution is 5.84. The number of β-lactam (4-membered cyclic amide) rings is 1. The topological polar surface area (TPSA) is 55.4 Å². The van der Waals surface area contributed by atoms with Crippen LogP contribution in [0.15, 0.2) is 11.8 Å². The molecule has 0 aliphatic carbocycles. The number of hydrogen-bond donors (Lipinski definition) is 1. The predicted molar refractivity (Wildman–Crippen MR) is 42.1 cm³/mol. The number of rotatable bonds is 2. The average Bonchev–Trinajstić information content (AvgIpc) is 1.94. The molecule has 0 aromatic heterocycles. The Kier molecular flexibility index (Phi) is 2.47. The maximum atomic E-state index is 10.5. The average molecular weight is 169 g/mol. The van der Waals surface area contributed by atoms with Crippen LogP contribution in [0, 0.1) is 0 Å². The molecule has 1 rings (SSSR count). The molecule has 1 fully saturated rings. The lowest BCUT2D eigenvalue weighted by atomic mass is 10.00. The van der Waals surface area contributed by atoms with E-state index >= 15 is 0 Å². The van der Waals surface area contributed by atoms with Crippen molar-refractivity contribution in [3.05, 3.63) is 11.8 Å². The third-order valence-corrected chi connectivity index (χ3v) is 1.69. The summed E-state index contributed by atoms with van der Waals surface area (Å²) in [6, 6.07) is 0.0526. The van der Waals surface area contributed by atoms with Crippen molar-refractivity contribution in [2.45, 2.75) is 26.3 Å². The van der Waals surface area contributed by atoms with Crippen LogP contribution in [0.1, 0.15) is 20.3 Å². The van der Waals surface area contributed by atoms with Gasteiger partial charge in [-0.15, -0.1) is 0 Å². The van der Waals surface area contributed by atoms with Gasteiger partial charge in [-0.25, -0.2) is 0 Å². The Morgan fingerprint density at radius 3 is 2.67 bits per heavy atom. The number of ether oxygens (including phenoxy) is 1. The van der Waals surface area contributed by atoms with E-state index in [2.05, 4.69) is 10.1 Å². The summed E-state index contributed by atoms with van der Waals surface area (Å²) in [5, 5.41) is 2.67.